The van der Waals surface area contributed by atoms with Crippen LogP contribution in [0.4, 0.5) is 0 Å². The molecule has 1 aromatic heterocycles. The number of H-pyrrole nitrogens is 1. The van der Waals surface area contributed by atoms with Crippen molar-refractivity contribution in [3.63, 3.8) is 0 Å². The van der Waals surface area contributed by atoms with Crippen molar-refractivity contribution in [1.82, 2.24) is 15.2 Å². The van der Waals surface area contributed by atoms with Crippen molar-refractivity contribution >= 4 is 16.8 Å². The van der Waals surface area contributed by atoms with Crippen LogP contribution in [0.3, 0.4) is 0 Å². The van der Waals surface area contributed by atoms with Gasteiger partial charge >= 0.3 is 0 Å². The summed E-state index contributed by atoms with van der Waals surface area (Å²) in [7, 11) is 0. The molecule has 6 heteroatoms. The molecule has 0 radical (unpaired) electrons. The summed E-state index contributed by atoms with van der Waals surface area (Å²) in [6.07, 6.45) is 2.98. The van der Waals surface area contributed by atoms with Crippen molar-refractivity contribution in [2.24, 2.45) is 0 Å². The van der Waals surface area contributed by atoms with Gasteiger partial charge in [-0.05, 0) is 24.6 Å². The molecule has 0 bridgehead atoms. The van der Waals surface area contributed by atoms with Gasteiger partial charge in [0.25, 0.3) is 0 Å². The van der Waals surface area contributed by atoms with Crippen LogP contribution in [-0.2, 0) is 4.79 Å². The Labute approximate surface area is 141 Å². The number of carbonyl (C=O) groups excluding carboxylic acids is 1. The molecule has 2 aromatic rings. The smallest absolute Gasteiger partial charge is 0.237 e. The molecule has 1 aromatic carbocycles. The number of ether oxygens (including phenoxy) is 1. The van der Waals surface area contributed by atoms with Gasteiger partial charge in [0.1, 0.15) is 18.5 Å². The molecule has 0 saturated carbocycles. The minimum Gasteiger partial charge on any atom is -0.490 e. The fourth-order valence-corrected chi connectivity index (χ4v) is 3.26. The van der Waals surface area contributed by atoms with E-state index in [1.807, 2.05) is 30.5 Å². The number of nitrogens with zero attached hydrogens (tertiary/aromatic N) is 1. The number of aromatic nitrogens is 1. The number of fused-ring (bicyclic) bond motifs is 1. The van der Waals surface area contributed by atoms with E-state index >= 15 is 0 Å². The second-order valence-electron chi connectivity index (χ2n) is 6.25. The zero-order valence-corrected chi connectivity index (χ0v) is 14.0. The van der Waals surface area contributed by atoms with E-state index in [4.69, 9.17) is 4.74 Å². The van der Waals surface area contributed by atoms with Crippen LogP contribution in [0.2, 0.25) is 0 Å². The van der Waals surface area contributed by atoms with Gasteiger partial charge in [-0.3, -0.25) is 9.69 Å². The van der Waals surface area contributed by atoms with Crippen molar-refractivity contribution in [3.8, 4) is 5.75 Å². The number of piperazine rings is 1. The molecule has 3 rings (SSSR count). The molecule has 3 N–H and O–H groups in total. The zero-order valence-electron chi connectivity index (χ0n) is 14.0. The average Bonchev–Trinajstić information content (AvgIpc) is 3.05. The first-order valence-corrected chi connectivity index (χ1v) is 8.57. The van der Waals surface area contributed by atoms with Gasteiger partial charge in [-0.25, -0.2) is 0 Å². The van der Waals surface area contributed by atoms with Gasteiger partial charge < -0.3 is 20.1 Å². The van der Waals surface area contributed by atoms with Crippen LogP contribution in [0, 0.1) is 0 Å². The molecule has 24 heavy (non-hydrogen) atoms. The van der Waals surface area contributed by atoms with Crippen LogP contribution < -0.4 is 10.1 Å². The fraction of sp³-hybridized carbons (Fsp3) is 0.500. The molecule has 1 aliphatic heterocycles. The highest BCUT2D eigenvalue weighted by Crippen LogP contribution is 2.24. The van der Waals surface area contributed by atoms with E-state index in [2.05, 4.69) is 22.1 Å². The number of rotatable bonds is 7. The third-order valence-corrected chi connectivity index (χ3v) is 4.44. The highest BCUT2D eigenvalue weighted by Gasteiger charge is 2.30. The molecule has 1 amide bonds. The standard InChI is InChI=1S/C18H25N3O3/c1-2-4-16-18(23)20-9-10-21(16)11-13(22)12-24-17-6-3-5-15-14(17)7-8-19-15/h3,5-8,13,16,19,22H,2,4,9-12H2,1H3,(H,20,23). The van der Waals surface area contributed by atoms with Gasteiger partial charge in [-0.2, -0.15) is 0 Å². The topological polar surface area (TPSA) is 77.6 Å². The minimum atomic E-state index is -0.635. The first-order chi connectivity index (χ1) is 11.7. The second-order valence-corrected chi connectivity index (χ2v) is 6.25. The fourth-order valence-electron chi connectivity index (χ4n) is 3.26. The molecule has 2 heterocycles. The Kier molecular flexibility index (Phi) is 5.37. The van der Waals surface area contributed by atoms with Crippen molar-refractivity contribution in [2.75, 3.05) is 26.2 Å². The predicted molar refractivity (Wildman–Crippen MR) is 93.1 cm³/mol. The Morgan fingerprint density at radius 3 is 3.12 bits per heavy atom. The van der Waals surface area contributed by atoms with Gasteiger partial charge in [0.05, 0.1) is 6.04 Å². The third-order valence-electron chi connectivity index (χ3n) is 4.44. The van der Waals surface area contributed by atoms with Gasteiger partial charge in [0.2, 0.25) is 5.91 Å². The van der Waals surface area contributed by atoms with Gasteiger partial charge in [-0.15, -0.1) is 0 Å². The average molecular weight is 331 g/mol. The number of nitrogens with one attached hydrogen (secondary N) is 2. The molecule has 1 fully saturated rings. The van der Waals surface area contributed by atoms with Crippen molar-refractivity contribution in [3.05, 3.63) is 30.5 Å². The van der Waals surface area contributed by atoms with Crippen LogP contribution in [0.1, 0.15) is 19.8 Å². The van der Waals surface area contributed by atoms with E-state index in [0.29, 0.717) is 13.1 Å². The first-order valence-electron chi connectivity index (χ1n) is 8.57. The number of aromatic amines is 1. The Hall–Kier alpha value is -2.05. The van der Waals surface area contributed by atoms with Crippen LogP contribution in [0.15, 0.2) is 30.5 Å². The number of hydrogen-bond acceptors (Lipinski definition) is 4. The Morgan fingerprint density at radius 2 is 2.29 bits per heavy atom. The van der Waals surface area contributed by atoms with Crippen molar-refractivity contribution in [1.29, 1.82) is 0 Å². The molecular formula is C18H25N3O3. The molecule has 1 saturated heterocycles. The first kappa shape index (κ1) is 16.8. The number of benzene rings is 1. The van der Waals surface area contributed by atoms with E-state index in [1.54, 1.807) is 0 Å². The van der Waals surface area contributed by atoms with Crippen LogP contribution >= 0.6 is 0 Å². The van der Waals surface area contributed by atoms with Crippen LogP contribution in [0.5, 0.6) is 5.75 Å². The monoisotopic (exact) mass is 331 g/mol. The molecule has 2 unspecified atom stereocenters. The summed E-state index contributed by atoms with van der Waals surface area (Å²) in [5.74, 6) is 0.822. The summed E-state index contributed by atoms with van der Waals surface area (Å²) < 4.78 is 5.81. The molecule has 1 aliphatic rings. The van der Waals surface area contributed by atoms with Crippen molar-refractivity contribution < 1.29 is 14.6 Å². The summed E-state index contributed by atoms with van der Waals surface area (Å²) in [6, 6.07) is 7.62. The van der Waals surface area contributed by atoms with Gasteiger partial charge in [0, 0.05) is 36.7 Å². The number of aliphatic hydroxyl groups is 1. The maximum atomic E-state index is 12.0. The Bertz CT molecular complexity index is 685. The normalized spacial score (nSPS) is 20.1. The number of β-amino-alcohol motifs (C(OH)–C–C–N with tert-alkyl or cyclic N) is 1. The Morgan fingerprint density at radius 1 is 1.42 bits per heavy atom. The summed E-state index contributed by atoms with van der Waals surface area (Å²) in [4.78, 5) is 17.2. The number of aliphatic hydroxyl groups excluding tert-OH is 1. The lowest BCUT2D eigenvalue weighted by Crippen LogP contribution is -2.57. The molecule has 130 valence electrons. The van der Waals surface area contributed by atoms with Crippen LogP contribution in [-0.4, -0.2) is 59.3 Å². The van der Waals surface area contributed by atoms with Crippen molar-refractivity contribution in [2.45, 2.75) is 31.9 Å². The van der Waals surface area contributed by atoms with Gasteiger partial charge in [0.15, 0.2) is 0 Å². The quantitative estimate of drug-likeness (QED) is 0.719. The minimum absolute atomic E-state index is 0.0632. The summed E-state index contributed by atoms with van der Waals surface area (Å²) in [5, 5.41) is 14.3. The molecule has 0 spiro atoms. The highest BCUT2D eigenvalue weighted by atomic mass is 16.5. The molecule has 2 atom stereocenters. The lowest BCUT2D eigenvalue weighted by molar-refractivity contribution is -0.130. The number of carbonyl (C=O) groups is 1. The maximum absolute atomic E-state index is 12.0. The zero-order chi connectivity index (χ0) is 16.9. The largest absolute Gasteiger partial charge is 0.490 e. The summed E-state index contributed by atoms with van der Waals surface area (Å²) in [5.41, 5.74) is 1.01. The van der Waals surface area contributed by atoms with E-state index in [0.717, 1.165) is 36.0 Å². The lowest BCUT2D eigenvalue weighted by atomic mass is 10.1. The molecule has 6 nitrogen and oxygen atoms in total. The molecule has 0 aliphatic carbocycles. The van der Waals surface area contributed by atoms with Gasteiger partial charge in [-0.1, -0.05) is 19.4 Å². The van der Waals surface area contributed by atoms with E-state index in [-0.39, 0.29) is 18.6 Å². The van der Waals surface area contributed by atoms with E-state index < -0.39 is 6.10 Å². The van der Waals surface area contributed by atoms with E-state index in [1.165, 1.54) is 0 Å². The number of hydrogen-bond donors (Lipinski definition) is 3. The summed E-state index contributed by atoms with van der Waals surface area (Å²) >= 11 is 0. The van der Waals surface area contributed by atoms with Crippen LogP contribution in [0.25, 0.3) is 10.9 Å². The lowest BCUT2D eigenvalue weighted by Gasteiger charge is -2.36. The SMILES string of the molecule is CCCC1C(=O)NCCN1CC(O)COc1cccc2[nH]ccc12. The predicted octanol–water partition coefficient (Wildman–Crippen LogP) is 1.51. The highest BCUT2D eigenvalue weighted by molar-refractivity contribution is 5.85. The summed E-state index contributed by atoms with van der Waals surface area (Å²) in [6.45, 7) is 4.12. The van der Waals surface area contributed by atoms with E-state index in [9.17, 15) is 9.90 Å². The maximum Gasteiger partial charge on any atom is 0.237 e. The Balaban J connectivity index is 1.57. The second kappa shape index (κ2) is 7.68. The number of amides is 1. The molecular weight excluding hydrogens is 306 g/mol. The third kappa shape index (κ3) is 3.71.